The molecular weight excluding hydrogens is 268 g/mol. The Bertz CT molecular complexity index is 480. The van der Waals surface area contributed by atoms with Crippen LogP contribution in [0.2, 0.25) is 0 Å². The van der Waals surface area contributed by atoms with E-state index in [1.165, 1.54) is 0 Å². The molecule has 0 fully saturated rings. The van der Waals surface area contributed by atoms with E-state index in [0.717, 1.165) is 28.9 Å². The summed E-state index contributed by atoms with van der Waals surface area (Å²) in [6, 6.07) is 0.524. The van der Waals surface area contributed by atoms with Gasteiger partial charge in [-0.15, -0.1) is 0 Å². The Hall–Kier alpha value is -0.940. The first-order valence-electron chi connectivity index (χ1n) is 5.41. The standard InChI is InChI=1S/C11H15BrN4/c1-3-8(2)13-4-9-5-15-11-6-14-10(12)7-16(9)11/h5-8,13H,3-4H2,1-2H3. The normalized spacial score (nSPS) is 13.2. The summed E-state index contributed by atoms with van der Waals surface area (Å²) in [4.78, 5) is 8.45. The van der Waals surface area contributed by atoms with Crippen LogP contribution in [-0.4, -0.2) is 20.4 Å². The molecule has 0 aromatic carbocycles. The van der Waals surface area contributed by atoms with Crippen molar-refractivity contribution < 1.29 is 0 Å². The van der Waals surface area contributed by atoms with Crippen molar-refractivity contribution >= 4 is 21.6 Å². The molecule has 4 nitrogen and oxygen atoms in total. The fraction of sp³-hybridized carbons (Fsp3) is 0.455. The average Bonchev–Trinajstić information content (AvgIpc) is 2.68. The minimum Gasteiger partial charge on any atom is -0.309 e. The maximum atomic E-state index is 4.30. The largest absolute Gasteiger partial charge is 0.309 e. The van der Waals surface area contributed by atoms with Crippen molar-refractivity contribution in [1.29, 1.82) is 0 Å². The van der Waals surface area contributed by atoms with E-state index < -0.39 is 0 Å². The molecule has 0 aliphatic carbocycles. The summed E-state index contributed by atoms with van der Waals surface area (Å²) in [7, 11) is 0. The van der Waals surface area contributed by atoms with Gasteiger partial charge in [0.25, 0.3) is 0 Å². The van der Waals surface area contributed by atoms with Gasteiger partial charge in [0, 0.05) is 18.8 Å². The minimum absolute atomic E-state index is 0.524. The molecule has 0 aliphatic heterocycles. The van der Waals surface area contributed by atoms with Crippen LogP contribution in [0.4, 0.5) is 0 Å². The molecule has 0 aliphatic rings. The lowest BCUT2D eigenvalue weighted by molar-refractivity contribution is 0.527. The zero-order valence-corrected chi connectivity index (χ0v) is 11.0. The van der Waals surface area contributed by atoms with E-state index in [9.17, 15) is 0 Å². The Morgan fingerprint density at radius 2 is 2.25 bits per heavy atom. The Kier molecular flexibility index (Phi) is 3.56. The van der Waals surface area contributed by atoms with Crippen LogP contribution < -0.4 is 5.32 Å². The van der Waals surface area contributed by atoms with E-state index in [0.29, 0.717) is 6.04 Å². The molecule has 2 heterocycles. The summed E-state index contributed by atoms with van der Waals surface area (Å²) in [6.45, 7) is 5.18. The Labute approximate surface area is 103 Å². The lowest BCUT2D eigenvalue weighted by Gasteiger charge is -2.10. The first-order chi connectivity index (χ1) is 7.70. The predicted molar refractivity (Wildman–Crippen MR) is 67.3 cm³/mol. The predicted octanol–water partition coefficient (Wildman–Crippen LogP) is 2.38. The highest BCUT2D eigenvalue weighted by atomic mass is 79.9. The van der Waals surface area contributed by atoms with Gasteiger partial charge in [-0.3, -0.25) is 4.40 Å². The number of halogens is 1. The van der Waals surface area contributed by atoms with Gasteiger partial charge in [0.15, 0.2) is 5.65 Å². The summed E-state index contributed by atoms with van der Waals surface area (Å²) >= 11 is 3.36. The quantitative estimate of drug-likeness (QED) is 0.936. The van der Waals surface area contributed by atoms with Gasteiger partial charge in [0.05, 0.1) is 18.1 Å². The van der Waals surface area contributed by atoms with Crippen LogP contribution in [0.1, 0.15) is 26.0 Å². The molecule has 2 aromatic rings. The van der Waals surface area contributed by atoms with Crippen molar-refractivity contribution in [3.05, 3.63) is 28.9 Å². The smallest absolute Gasteiger partial charge is 0.155 e. The molecule has 16 heavy (non-hydrogen) atoms. The molecule has 0 saturated carbocycles. The van der Waals surface area contributed by atoms with E-state index in [1.807, 2.05) is 16.8 Å². The van der Waals surface area contributed by atoms with E-state index >= 15 is 0 Å². The topological polar surface area (TPSA) is 42.2 Å². The lowest BCUT2D eigenvalue weighted by Crippen LogP contribution is -2.25. The number of nitrogens with one attached hydrogen (secondary N) is 1. The van der Waals surface area contributed by atoms with Gasteiger partial charge in [-0.05, 0) is 29.3 Å². The van der Waals surface area contributed by atoms with Crippen molar-refractivity contribution in [2.45, 2.75) is 32.9 Å². The van der Waals surface area contributed by atoms with Crippen molar-refractivity contribution in [2.24, 2.45) is 0 Å². The number of aromatic nitrogens is 3. The van der Waals surface area contributed by atoms with Crippen LogP contribution in [-0.2, 0) is 6.54 Å². The molecule has 0 bridgehead atoms. The van der Waals surface area contributed by atoms with Gasteiger partial charge < -0.3 is 5.32 Å². The highest BCUT2D eigenvalue weighted by Crippen LogP contribution is 2.10. The van der Waals surface area contributed by atoms with Crippen LogP contribution in [0.3, 0.4) is 0 Å². The fourth-order valence-electron chi connectivity index (χ4n) is 1.47. The highest BCUT2D eigenvalue weighted by Gasteiger charge is 2.05. The number of imidazole rings is 1. The molecule has 0 spiro atoms. The molecule has 0 saturated heterocycles. The summed E-state index contributed by atoms with van der Waals surface area (Å²) < 4.78 is 2.87. The monoisotopic (exact) mass is 282 g/mol. The van der Waals surface area contributed by atoms with Crippen LogP contribution in [0.15, 0.2) is 23.2 Å². The summed E-state index contributed by atoms with van der Waals surface area (Å²) in [6.07, 6.45) is 6.72. The number of nitrogens with zero attached hydrogens (tertiary/aromatic N) is 3. The van der Waals surface area contributed by atoms with Gasteiger partial charge in [-0.1, -0.05) is 6.92 Å². The van der Waals surface area contributed by atoms with Crippen molar-refractivity contribution in [3.8, 4) is 0 Å². The fourth-order valence-corrected chi connectivity index (χ4v) is 1.78. The molecule has 0 radical (unpaired) electrons. The molecule has 5 heteroatoms. The summed E-state index contributed by atoms with van der Waals surface area (Å²) in [5, 5.41) is 3.45. The number of hydrogen-bond donors (Lipinski definition) is 1. The molecule has 1 N–H and O–H groups in total. The van der Waals surface area contributed by atoms with Gasteiger partial charge in [0.1, 0.15) is 4.60 Å². The maximum absolute atomic E-state index is 4.30. The second kappa shape index (κ2) is 4.93. The Balaban J connectivity index is 2.21. The van der Waals surface area contributed by atoms with E-state index in [1.54, 1.807) is 6.20 Å². The Morgan fingerprint density at radius 3 is 3.00 bits per heavy atom. The van der Waals surface area contributed by atoms with E-state index in [-0.39, 0.29) is 0 Å². The third-order valence-electron chi connectivity index (χ3n) is 2.69. The third kappa shape index (κ3) is 2.41. The van der Waals surface area contributed by atoms with Crippen molar-refractivity contribution in [2.75, 3.05) is 0 Å². The molecular formula is C11H15BrN4. The lowest BCUT2D eigenvalue weighted by atomic mass is 10.2. The van der Waals surface area contributed by atoms with Gasteiger partial charge in [-0.25, -0.2) is 9.97 Å². The second-order valence-corrected chi connectivity index (χ2v) is 4.69. The molecule has 86 valence electrons. The highest BCUT2D eigenvalue weighted by molar-refractivity contribution is 9.10. The van der Waals surface area contributed by atoms with Gasteiger partial charge in [0.2, 0.25) is 0 Å². The van der Waals surface area contributed by atoms with E-state index in [4.69, 9.17) is 0 Å². The molecule has 2 rings (SSSR count). The van der Waals surface area contributed by atoms with Gasteiger partial charge >= 0.3 is 0 Å². The number of rotatable bonds is 4. The first kappa shape index (κ1) is 11.5. The van der Waals surface area contributed by atoms with E-state index in [2.05, 4.69) is 45.1 Å². The number of hydrogen-bond acceptors (Lipinski definition) is 3. The van der Waals surface area contributed by atoms with Crippen molar-refractivity contribution in [1.82, 2.24) is 19.7 Å². The van der Waals surface area contributed by atoms with Gasteiger partial charge in [-0.2, -0.15) is 0 Å². The van der Waals surface area contributed by atoms with Crippen LogP contribution >= 0.6 is 15.9 Å². The molecule has 1 atom stereocenters. The Morgan fingerprint density at radius 1 is 1.44 bits per heavy atom. The molecule has 1 unspecified atom stereocenters. The third-order valence-corrected chi connectivity index (χ3v) is 3.09. The zero-order chi connectivity index (χ0) is 11.5. The van der Waals surface area contributed by atoms with Crippen LogP contribution in [0, 0.1) is 0 Å². The minimum atomic E-state index is 0.524. The molecule has 0 amide bonds. The number of fused-ring (bicyclic) bond motifs is 1. The summed E-state index contributed by atoms with van der Waals surface area (Å²) in [5.41, 5.74) is 2.03. The average molecular weight is 283 g/mol. The van der Waals surface area contributed by atoms with Crippen molar-refractivity contribution in [3.63, 3.8) is 0 Å². The van der Waals surface area contributed by atoms with Crippen LogP contribution in [0.5, 0.6) is 0 Å². The second-order valence-electron chi connectivity index (χ2n) is 3.88. The molecule has 2 aromatic heterocycles. The maximum Gasteiger partial charge on any atom is 0.155 e. The SMILES string of the molecule is CCC(C)NCc1cnc2cnc(Br)cn12. The zero-order valence-electron chi connectivity index (χ0n) is 9.44. The van der Waals surface area contributed by atoms with Crippen LogP contribution in [0.25, 0.3) is 5.65 Å². The first-order valence-corrected chi connectivity index (χ1v) is 6.21. The summed E-state index contributed by atoms with van der Waals surface area (Å²) in [5.74, 6) is 0.